The molecule has 19 heavy (non-hydrogen) atoms. The van der Waals surface area contributed by atoms with Gasteiger partial charge in [-0.25, -0.2) is 0 Å². The number of hydrogen-bond acceptors (Lipinski definition) is 2. The van der Waals surface area contributed by atoms with Crippen LogP contribution >= 0.6 is 11.6 Å². The summed E-state index contributed by atoms with van der Waals surface area (Å²) in [6.45, 7) is 4.54. The molecule has 0 saturated heterocycles. The van der Waals surface area contributed by atoms with Gasteiger partial charge in [0.1, 0.15) is 12.4 Å². The SMILES string of the molecule is Cc1cc([C@@H](C)N)ccc1OCc1ccc(Cl)cc1. The Hall–Kier alpha value is -1.51. The highest BCUT2D eigenvalue weighted by Gasteiger charge is 2.04. The van der Waals surface area contributed by atoms with Gasteiger partial charge in [0.25, 0.3) is 0 Å². The van der Waals surface area contributed by atoms with Crippen LogP contribution in [0.5, 0.6) is 5.75 Å². The molecule has 100 valence electrons. The highest BCUT2D eigenvalue weighted by Crippen LogP contribution is 2.23. The van der Waals surface area contributed by atoms with Gasteiger partial charge in [-0.2, -0.15) is 0 Å². The standard InChI is InChI=1S/C16H18ClNO/c1-11-9-14(12(2)18)5-8-16(11)19-10-13-3-6-15(17)7-4-13/h3-9,12H,10,18H2,1-2H3/t12-/m1/s1. The molecule has 2 aromatic rings. The monoisotopic (exact) mass is 275 g/mol. The van der Waals surface area contributed by atoms with Gasteiger partial charge in [-0.1, -0.05) is 35.9 Å². The summed E-state index contributed by atoms with van der Waals surface area (Å²) in [6.07, 6.45) is 0. The number of benzene rings is 2. The second-order valence-corrected chi connectivity index (χ2v) is 5.17. The first kappa shape index (κ1) is 13.9. The van der Waals surface area contributed by atoms with Crippen molar-refractivity contribution in [2.75, 3.05) is 0 Å². The van der Waals surface area contributed by atoms with E-state index < -0.39 is 0 Å². The molecule has 0 aliphatic heterocycles. The van der Waals surface area contributed by atoms with E-state index in [0.29, 0.717) is 6.61 Å². The van der Waals surface area contributed by atoms with Crippen LogP contribution in [0.1, 0.15) is 29.7 Å². The van der Waals surface area contributed by atoms with Crippen molar-refractivity contribution in [3.05, 3.63) is 64.2 Å². The van der Waals surface area contributed by atoms with Crippen molar-refractivity contribution in [3.8, 4) is 5.75 Å². The molecule has 2 aromatic carbocycles. The molecule has 2 N–H and O–H groups in total. The predicted molar refractivity (Wildman–Crippen MR) is 79.6 cm³/mol. The predicted octanol–water partition coefficient (Wildman–Crippen LogP) is 4.25. The molecule has 0 heterocycles. The molecular weight excluding hydrogens is 258 g/mol. The van der Waals surface area contributed by atoms with Crippen LogP contribution in [0.3, 0.4) is 0 Å². The van der Waals surface area contributed by atoms with Crippen molar-refractivity contribution in [1.82, 2.24) is 0 Å². The third-order valence-electron chi connectivity index (χ3n) is 3.03. The number of nitrogens with two attached hydrogens (primary N) is 1. The topological polar surface area (TPSA) is 35.2 Å². The lowest BCUT2D eigenvalue weighted by Gasteiger charge is -2.12. The second-order valence-electron chi connectivity index (χ2n) is 4.73. The van der Waals surface area contributed by atoms with E-state index in [1.54, 1.807) is 0 Å². The van der Waals surface area contributed by atoms with Crippen molar-refractivity contribution >= 4 is 11.6 Å². The zero-order valence-electron chi connectivity index (χ0n) is 11.2. The molecule has 0 aliphatic rings. The van der Waals surface area contributed by atoms with Crippen molar-refractivity contribution in [1.29, 1.82) is 0 Å². The summed E-state index contributed by atoms with van der Waals surface area (Å²) < 4.78 is 5.81. The van der Waals surface area contributed by atoms with Gasteiger partial charge in [0.15, 0.2) is 0 Å². The van der Waals surface area contributed by atoms with Gasteiger partial charge >= 0.3 is 0 Å². The second kappa shape index (κ2) is 6.09. The van der Waals surface area contributed by atoms with Crippen LogP contribution in [0.4, 0.5) is 0 Å². The summed E-state index contributed by atoms with van der Waals surface area (Å²) in [5.74, 6) is 0.888. The molecule has 0 radical (unpaired) electrons. The van der Waals surface area contributed by atoms with Crippen LogP contribution in [0.25, 0.3) is 0 Å². The molecule has 0 bridgehead atoms. The molecule has 0 saturated carbocycles. The van der Waals surface area contributed by atoms with Crippen molar-refractivity contribution in [2.24, 2.45) is 5.73 Å². The van der Waals surface area contributed by atoms with Crippen molar-refractivity contribution < 1.29 is 4.74 Å². The number of aryl methyl sites for hydroxylation is 1. The molecule has 0 amide bonds. The first-order valence-corrected chi connectivity index (χ1v) is 6.67. The maximum absolute atomic E-state index is 5.86. The summed E-state index contributed by atoms with van der Waals surface area (Å²) in [5, 5.41) is 0.737. The third kappa shape index (κ3) is 3.72. The normalized spacial score (nSPS) is 12.2. The Kier molecular flexibility index (Phi) is 4.46. The Labute approximate surface area is 119 Å². The Morgan fingerprint density at radius 2 is 1.84 bits per heavy atom. The number of halogens is 1. The van der Waals surface area contributed by atoms with Crippen LogP contribution in [0.15, 0.2) is 42.5 Å². The van der Waals surface area contributed by atoms with Crippen LogP contribution in [0.2, 0.25) is 5.02 Å². The highest BCUT2D eigenvalue weighted by atomic mass is 35.5. The van der Waals surface area contributed by atoms with Gasteiger partial charge in [0, 0.05) is 11.1 Å². The lowest BCUT2D eigenvalue weighted by molar-refractivity contribution is 0.304. The number of hydrogen-bond donors (Lipinski definition) is 1. The van der Waals surface area contributed by atoms with Gasteiger partial charge in [-0.3, -0.25) is 0 Å². The van der Waals surface area contributed by atoms with E-state index in [0.717, 1.165) is 27.5 Å². The fraction of sp³-hybridized carbons (Fsp3) is 0.250. The minimum absolute atomic E-state index is 0.0454. The van der Waals surface area contributed by atoms with E-state index in [-0.39, 0.29) is 6.04 Å². The van der Waals surface area contributed by atoms with Crippen LogP contribution in [0, 0.1) is 6.92 Å². The zero-order valence-corrected chi connectivity index (χ0v) is 11.9. The lowest BCUT2D eigenvalue weighted by Crippen LogP contribution is -2.05. The molecule has 3 heteroatoms. The van der Waals surface area contributed by atoms with Gasteiger partial charge in [0.2, 0.25) is 0 Å². The molecule has 0 aliphatic carbocycles. The zero-order chi connectivity index (χ0) is 13.8. The molecule has 2 nitrogen and oxygen atoms in total. The fourth-order valence-electron chi connectivity index (χ4n) is 1.86. The summed E-state index contributed by atoms with van der Waals surface area (Å²) >= 11 is 5.85. The largest absolute Gasteiger partial charge is 0.489 e. The summed E-state index contributed by atoms with van der Waals surface area (Å²) in [6, 6.07) is 13.8. The Balaban J connectivity index is 2.05. The number of ether oxygens (including phenoxy) is 1. The quantitative estimate of drug-likeness (QED) is 0.905. The summed E-state index contributed by atoms with van der Waals surface area (Å²) in [4.78, 5) is 0. The highest BCUT2D eigenvalue weighted by molar-refractivity contribution is 6.30. The average molecular weight is 276 g/mol. The molecule has 0 unspecified atom stereocenters. The minimum Gasteiger partial charge on any atom is -0.489 e. The minimum atomic E-state index is 0.0454. The first-order valence-electron chi connectivity index (χ1n) is 6.29. The van der Waals surface area contributed by atoms with Gasteiger partial charge in [0.05, 0.1) is 0 Å². The Bertz CT molecular complexity index is 549. The van der Waals surface area contributed by atoms with Crippen LogP contribution in [-0.4, -0.2) is 0 Å². The lowest BCUT2D eigenvalue weighted by atomic mass is 10.1. The Morgan fingerprint density at radius 3 is 2.42 bits per heavy atom. The molecule has 1 atom stereocenters. The van der Waals surface area contributed by atoms with Crippen LogP contribution in [-0.2, 0) is 6.61 Å². The third-order valence-corrected chi connectivity index (χ3v) is 3.28. The van der Waals surface area contributed by atoms with E-state index in [4.69, 9.17) is 22.1 Å². The van der Waals surface area contributed by atoms with E-state index in [2.05, 4.69) is 6.07 Å². The molecule has 2 rings (SSSR count). The maximum atomic E-state index is 5.86. The summed E-state index contributed by atoms with van der Waals surface area (Å²) in [7, 11) is 0. The summed E-state index contributed by atoms with van der Waals surface area (Å²) in [5.41, 5.74) is 9.18. The molecule has 0 spiro atoms. The fourth-order valence-corrected chi connectivity index (χ4v) is 1.99. The van der Waals surface area contributed by atoms with Crippen molar-refractivity contribution in [2.45, 2.75) is 26.5 Å². The van der Waals surface area contributed by atoms with E-state index >= 15 is 0 Å². The van der Waals surface area contributed by atoms with Gasteiger partial charge < -0.3 is 10.5 Å². The first-order chi connectivity index (χ1) is 9.06. The van der Waals surface area contributed by atoms with Crippen LogP contribution < -0.4 is 10.5 Å². The molecule has 0 fully saturated rings. The molecule has 0 aromatic heterocycles. The van der Waals surface area contributed by atoms with Gasteiger partial charge in [-0.05, 0) is 48.7 Å². The van der Waals surface area contributed by atoms with Crippen molar-refractivity contribution in [3.63, 3.8) is 0 Å². The van der Waals surface area contributed by atoms with E-state index in [1.807, 2.05) is 50.2 Å². The van der Waals surface area contributed by atoms with E-state index in [9.17, 15) is 0 Å². The average Bonchev–Trinajstić information content (AvgIpc) is 2.39. The van der Waals surface area contributed by atoms with Gasteiger partial charge in [-0.15, -0.1) is 0 Å². The van der Waals surface area contributed by atoms with E-state index in [1.165, 1.54) is 0 Å². The number of rotatable bonds is 4. The molecular formula is C16H18ClNO. The Morgan fingerprint density at radius 1 is 1.16 bits per heavy atom. The smallest absolute Gasteiger partial charge is 0.122 e. The maximum Gasteiger partial charge on any atom is 0.122 e.